The molecule has 1 aliphatic heterocycles. The number of nitrogens with one attached hydrogen (secondary N) is 2. The number of amides is 2. The zero-order valence-electron chi connectivity index (χ0n) is 17.3. The molecular formula is C24H23ClN4O2. The molecule has 1 aromatic heterocycles. The van der Waals surface area contributed by atoms with Crippen LogP contribution in [0.2, 0.25) is 5.02 Å². The molecule has 158 valence electrons. The van der Waals surface area contributed by atoms with Crippen LogP contribution in [0.3, 0.4) is 0 Å². The van der Waals surface area contributed by atoms with Crippen LogP contribution in [0.1, 0.15) is 42.2 Å². The van der Waals surface area contributed by atoms with E-state index in [9.17, 15) is 9.59 Å². The molecule has 0 saturated heterocycles. The van der Waals surface area contributed by atoms with Crippen LogP contribution >= 0.6 is 11.6 Å². The van der Waals surface area contributed by atoms with Crippen LogP contribution in [0, 0.1) is 0 Å². The molecule has 4 rings (SSSR count). The molecule has 0 spiro atoms. The molecule has 0 aliphatic carbocycles. The summed E-state index contributed by atoms with van der Waals surface area (Å²) in [5.74, 6) is -0.250. The van der Waals surface area contributed by atoms with E-state index in [2.05, 4.69) is 15.6 Å². The van der Waals surface area contributed by atoms with Crippen molar-refractivity contribution in [2.75, 3.05) is 15.5 Å². The fraction of sp³-hybridized carbons (Fsp3) is 0.208. The second-order valence-electron chi connectivity index (χ2n) is 7.65. The molecule has 2 N–H and O–H groups in total. The summed E-state index contributed by atoms with van der Waals surface area (Å²) >= 11 is 6.01. The molecule has 0 fully saturated rings. The first-order valence-electron chi connectivity index (χ1n) is 10.1. The van der Waals surface area contributed by atoms with Gasteiger partial charge in [0.2, 0.25) is 5.91 Å². The minimum Gasteiger partial charge on any atom is -0.378 e. The van der Waals surface area contributed by atoms with Gasteiger partial charge in [0.1, 0.15) is 0 Å². The molecule has 2 aromatic carbocycles. The monoisotopic (exact) mass is 434 g/mol. The number of fused-ring (bicyclic) bond motifs is 1. The van der Waals surface area contributed by atoms with Gasteiger partial charge in [-0.2, -0.15) is 0 Å². The summed E-state index contributed by atoms with van der Waals surface area (Å²) in [6.45, 7) is 3.60. The minimum atomic E-state index is -0.228. The number of halogens is 1. The molecule has 1 aliphatic rings. The van der Waals surface area contributed by atoms with E-state index in [1.54, 1.807) is 42.4 Å². The summed E-state index contributed by atoms with van der Waals surface area (Å²) in [7, 11) is 0. The van der Waals surface area contributed by atoms with Crippen LogP contribution in [-0.2, 0) is 4.79 Å². The molecule has 0 bridgehead atoms. The van der Waals surface area contributed by atoms with Gasteiger partial charge in [-0.25, -0.2) is 0 Å². The van der Waals surface area contributed by atoms with E-state index in [1.165, 1.54) is 0 Å². The van der Waals surface area contributed by atoms with Gasteiger partial charge in [-0.15, -0.1) is 0 Å². The number of aromatic nitrogens is 1. The lowest BCUT2D eigenvalue weighted by molar-refractivity contribution is -0.117. The van der Waals surface area contributed by atoms with Gasteiger partial charge < -0.3 is 15.5 Å². The lowest BCUT2D eigenvalue weighted by atomic mass is 9.90. The Hall–Kier alpha value is -3.38. The standard InChI is InChI=1S/C24H23ClN4O2/c1-15-12-22(27-19-8-6-18(25)7-9-19)21-13-17(5-10-23(21)29(15)16(2)30)24(31)28-20-4-3-11-26-14-20/h3-11,13-15,22,27H,12H2,1-2H3,(H,28,31). The van der Waals surface area contributed by atoms with E-state index in [-0.39, 0.29) is 23.9 Å². The Morgan fingerprint density at radius 1 is 1.10 bits per heavy atom. The average Bonchev–Trinajstić information content (AvgIpc) is 2.75. The van der Waals surface area contributed by atoms with Crippen LogP contribution in [0.5, 0.6) is 0 Å². The summed E-state index contributed by atoms with van der Waals surface area (Å²) in [5.41, 5.74) is 3.79. The molecule has 0 saturated carbocycles. The molecule has 6 nitrogen and oxygen atoms in total. The Bertz CT molecular complexity index is 1100. The predicted octanol–water partition coefficient (Wildman–Crippen LogP) is 5.29. The zero-order valence-corrected chi connectivity index (χ0v) is 18.1. The van der Waals surface area contributed by atoms with Crippen LogP contribution in [-0.4, -0.2) is 22.8 Å². The van der Waals surface area contributed by atoms with Crippen LogP contribution in [0.25, 0.3) is 0 Å². The average molecular weight is 435 g/mol. The third-order valence-electron chi connectivity index (χ3n) is 5.39. The molecule has 2 heterocycles. The fourth-order valence-corrected chi connectivity index (χ4v) is 4.14. The molecule has 3 aromatic rings. The lowest BCUT2D eigenvalue weighted by Gasteiger charge is -2.39. The SMILES string of the molecule is CC(=O)N1c2ccc(C(=O)Nc3cccnc3)cc2C(Nc2ccc(Cl)cc2)CC1C. The quantitative estimate of drug-likeness (QED) is 0.585. The summed E-state index contributed by atoms with van der Waals surface area (Å²) < 4.78 is 0. The first kappa shape index (κ1) is 20.9. The Morgan fingerprint density at radius 3 is 2.55 bits per heavy atom. The lowest BCUT2D eigenvalue weighted by Crippen LogP contribution is -2.43. The number of hydrogen-bond acceptors (Lipinski definition) is 4. The number of hydrogen-bond donors (Lipinski definition) is 2. The van der Waals surface area contributed by atoms with Gasteiger partial charge in [-0.05, 0) is 73.5 Å². The Labute approximate surface area is 186 Å². The van der Waals surface area contributed by atoms with Gasteiger partial charge in [-0.1, -0.05) is 11.6 Å². The maximum absolute atomic E-state index is 12.8. The van der Waals surface area contributed by atoms with Gasteiger partial charge >= 0.3 is 0 Å². The topological polar surface area (TPSA) is 74.3 Å². The molecule has 2 amide bonds. The summed E-state index contributed by atoms with van der Waals surface area (Å²) in [6.07, 6.45) is 3.96. The first-order valence-corrected chi connectivity index (χ1v) is 10.5. The maximum Gasteiger partial charge on any atom is 0.255 e. The highest BCUT2D eigenvalue weighted by molar-refractivity contribution is 6.30. The van der Waals surface area contributed by atoms with Crippen molar-refractivity contribution < 1.29 is 9.59 Å². The number of benzene rings is 2. The number of anilines is 3. The van der Waals surface area contributed by atoms with E-state index in [1.807, 2.05) is 43.3 Å². The second kappa shape index (κ2) is 8.78. The number of nitrogens with zero attached hydrogens (tertiary/aromatic N) is 2. The Balaban J connectivity index is 1.68. The van der Waals surface area contributed by atoms with Crippen molar-refractivity contribution in [3.63, 3.8) is 0 Å². The largest absolute Gasteiger partial charge is 0.378 e. The normalized spacial score (nSPS) is 17.6. The highest BCUT2D eigenvalue weighted by Gasteiger charge is 2.33. The molecule has 0 radical (unpaired) electrons. The Kier molecular flexibility index (Phi) is 5.91. The third kappa shape index (κ3) is 4.54. The van der Waals surface area contributed by atoms with Crippen molar-refractivity contribution in [3.8, 4) is 0 Å². The maximum atomic E-state index is 12.8. The molecule has 2 atom stereocenters. The van der Waals surface area contributed by atoms with Gasteiger partial charge in [0.15, 0.2) is 0 Å². The number of carbonyl (C=O) groups is 2. The molecule has 2 unspecified atom stereocenters. The smallest absolute Gasteiger partial charge is 0.255 e. The van der Waals surface area contributed by atoms with Crippen LogP contribution in [0.4, 0.5) is 17.1 Å². The van der Waals surface area contributed by atoms with Crippen molar-refractivity contribution in [2.24, 2.45) is 0 Å². The zero-order chi connectivity index (χ0) is 22.0. The van der Waals surface area contributed by atoms with Crippen molar-refractivity contribution in [1.82, 2.24) is 4.98 Å². The van der Waals surface area contributed by atoms with Gasteiger partial charge in [0, 0.05) is 41.1 Å². The molecule has 7 heteroatoms. The number of rotatable bonds is 4. The van der Waals surface area contributed by atoms with E-state index in [0.29, 0.717) is 22.7 Å². The van der Waals surface area contributed by atoms with Crippen molar-refractivity contribution in [2.45, 2.75) is 32.4 Å². The Morgan fingerprint density at radius 2 is 1.87 bits per heavy atom. The number of carbonyl (C=O) groups excluding carboxylic acids is 2. The second-order valence-corrected chi connectivity index (χ2v) is 8.08. The molecule has 31 heavy (non-hydrogen) atoms. The molecular weight excluding hydrogens is 412 g/mol. The van der Waals surface area contributed by atoms with Gasteiger partial charge in [0.05, 0.1) is 17.9 Å². The first-order chi connectivity index (χ1) is 14.9. The van der Waals surface area contributed by atoms with E-state index in [4.69, 9.17) is 11.6 Å². The van der Waals surface area contributed by atoms with Crippen LogP contribution in [0.15, 0.2) is 67.0 Å². The summed E-state index contributed by atoms with van der Waals surface area (Å²) in [5, 5.41) is 7.06. The summed E-state index contributed by atoms with van der Waals surface area (Å²) in [4.78, 5) is 31.0. The fourth-order valence-electron chi connectivity index (χ4n) is 4.01. The van der Waals surface area contributed by atoms with Crippen molar-refractivity contribution in [3.05, 3.63) is 83.1 Å². The van der Waals surface area contributed by atoms with E-state index < -0.39 is 0 Å². The van der Waals surface area contributed by atoms with Crippen molar-refractivity contribution in [1.29, 1.82) is 0 Å². The minimum absolute atomic E-state index is 0.0184. The predicted molar refractivity (Wildman–Crippen MR) is 124 cm³/mol. The highest BCUT2D eigenvalue weighted by atomic mass is 35.5. The third-order valence-corrected chi connectivity index (χ3v) is 5.64. The number of pyridine rings is 1. The van der Waals surface area contributed by atoms with E-state index in [0.717, 1.165) is 16.9 Å². The summed E-state index contributed by atoms with van der Waals surface area (Å²) in [6, 6.07) is 16.5. The van der Waals surface area contributed by atoms with Gasteiger partial charge in [0.25, 0.3) is 5.91 Å². The van der Waals surface area contributed by atoms with Gasteiger partial charge in [-0.3, -0.25) is 14.6 Å². The van der Waals surface area contributed by atoms with Crippen molar-refractivity contribution >= 4 is 40.5 Å². The highest BCUT2D eigenvalue weighted by Crippen LogP contribution is 2.39. The van der Waals surface area contributed by atoms with E-state index >= 15 is 0 Å². The van der Waals surface area contributed by atoms with Crippen LogP contribution < -0.4 is 15.5 Å².